The lowest BCUT2D eigenvalue weighted by molar-refractivity contribution is 0.154. The van der Waals surface area contributed by atoms with Crippen molar-refractivity contribution in [2.45, 2.75) is 213 Å². The second-order valence-electron chi connectivity index (χ2n) is 19.1. The number of fused-ring (bicyclic) bond motifs is 2. The third-order valence-corrected chi connectivity index (χ3v) is 13.2. The molecular weight excluding hydrogens is 849 g/mol. The van der Waals surface area contributed by atoms with Crippen LogP contribution in [0.25, 0.3) is 22.3 Å². The Morgan fingerprint density at radius 3 is 1.22 bits per heavy atom. The zero-order valence-corrected chi connectivity index (χ0v) is 42.7. The van der Waals surface area contributed by atoms with E-state index in [4.69, 9.17) is 0 Å². The summed E-state index contributed by atoms with van der Waals surface area (Å²) in [5.41, 5.74) is 0.405. The number of rotatable bonds is 37. The summed E-state index contributed by atoms with van der Waals surface area (Å²) in [6.07, 6.45) is 34.8. The topological polar surface area (TPSA) is 188 Å². The fourth-order valence-electron chi connectivity index (χ4n) is 8.86. The normalized spacial score (nSPS) is 12.6. The zero-order chi connectivity index (χ0) is 48.8. The molecule has 0 aromatic carbocycles. The number of aromatic nitrogens is 8. The Morgan fingerprint density at radius 2 is 0.806 bits per heavy atom. The van der Waals surface area contributed by atoms with Gasteiger partial charge in [-0.1, -0.05) is 155 Å². The Bertz CT molecular complexity index is 2180. The molecule has 2 atom stereocenters. The van der Waals surface area contributed by atoms with Gasteiger partial charge < -0.3 is 30.0 Å². The van der Waals surface area contributed by atoms with Crippen molar-refractivity contribution < 1.29 is 10.2 Å². The maximum atomic E-state index is 12.7. The number of aryl methyl sites for hydroxylation is 4. The summed E-state index contributed by atoms with van der Waals surface area (Å²) in [5, 5.41) is 27.0. The molecule has 0 saturated carbocycles. The number of nitrogens with one attached hydrogen (secondary N) is 2. The highest BCUT2D eigenvalue weighted by Gasteiger charge is 2.17. The minimum atomic E-state index is -0.596. The van der Waals surface area contributed by atoms with Crippen LogP contribution in [-0.4, -0.2) is 86.0 Å². The Morgan fingerprint density at radius 1 is 0.463 bits per heavy atom. The van der Waals surface area contributed by atoms with Crippen LogP contribution in [0.3, 0.4) is 0 Å². The third-order valence-electron chi connectivity index (χ3n) is 13.2. The average Bonchev–Trinajstić information content (AvgIpc) is 3.91. The first-order chi connectivity index (χ1) is 32.4. The van der Waals surface area contributed by atoms with Crippen molar-refractivity contribution in [1.29, 1.82) is 0 Å². The largest absolute Gasteiger partial charge is 0.392 e. The van der Waals surface area contributed by atoms with E-state index >= 15 is 0 Å². The fourth-order valence-corrected chi connectivity index (χ4v) is 8.86. The molecule has 67 heavy (non-hydrogen) atoms. The summed E-state index contributed by atoms with van der Waals surface area (Å²) in [6, 6.07) is 0. The Balaban J connectivity index is 0.000000355. The van der Waals surface area contributed by atoms with Gasteiger partial charge in [0.15, 0.2) is 22.3 Å². The Labute approximate surface area is 400 Å². The van der Waals surface area contributed by atoms with Crippen LogP contribution in [0.15, 0.2) is 31.8 Å². The SMILES string of the molecule is CCCCCCCCC(O)CNCCCCCCCCCn1c(=O)c2c(ncn2C)n(C)c1=O.CCCCCCCCCCCCCCNCC(O)CCn1c(=O)c2c(ncn2C)n(C)c1=O. The predicted octanol–water partition coefficient (Wildman–Crippen LogP) is 7.34. The summed E-state index contributed by atoms with van der Waals surface area (Å²) in [5.74, 6) is 0. The molecule has 16 heteroatoms. The minimum Gasteiger partial charge on any atom is -0.392 e. The highest BCUT2D eigenvalue weighted by atomic mass is 16.3. The van der Waals surface area contributed by atoms with Gasteiger partial charge in [-0.05, 0) is 45.2 Å². The maximum Gasteiger partial charge on any atom is 0.332 e. The first kappa shape index (κ1) is 57.5. The van der Waals surface area contributed by atoms with Crippen LogP contribution < -0.4 is 33.1 Å². The first-order valence-electron chi connectivity index (χ1n) is 26.4. The average molecular weight is 941 g/mol. The molecule has 0 saturated heterocycles. The molecular formula is C51H92N10O6. The summed E-state index contributed by atoms with van der Waals surface area (Å²) >= 11 is 0. The second kappa shape index (κ2) is 33.6. The van der Waals surface area contributed by atoms with Gasteiger partial charge >= 0.3 is 11.4 Å². The first-order valence-corrected chi connectivity index (χ1v) is 26.4. The van der Waals surface area contributed by atoms with Crippen molar-refractivity contribution >= 4 is 22.3 Å². The molecule has 4 heterocycles. The predicted molar refractivity (Wildman–Crippen MR) is 274 cm³/mol. The molecule has 4 rings (SSSR count). The van der Waals surface area contributed by atoms with Crippen molar-refractivity contribution in [3.63, 3.8) is 0 Å². The fraction of sp³-hybridized carbons (Fsp3) is 0.804. The number of unbranched alkanes of at least 4 members (excludes halogenated alkanes) is 22. The number of nitrogens with zero attached hydrogens (tertiary/aromatic N) is 8. The van der Waals surface area contributed by atoms with Gasteiger partial charge in [0.1, 0.15) is 0 Å². The molecule has 0 bridgehead atoms. The van der Waals surface area contributed by atoms with Gasteiger partial charge in [-0.25, -0.2) is 19.6 Å². The smallest absolute Gasteiger partial charge is 0.332 e. The molecule has 0 aliphatic rings. The van der Waals surface area contributed by atoms with Crippen molar-refractivity contribution in [3.8, 4) is 0 Å². The van der Waals surface area contributed by atoms with Crippen LogP contribution >= 0.6 is 0 Å². The molecule has 16 nitrogen and oxygen atoms in total. The van der Waals surface area contributed by atoms with Crippen LogP contribution in [0.4, 0.5) is 0 Å². The lowest BCUT2D eigenvalue weighted by Gasteiger charge is -2.13. The summed E-state index contributed by atoms with van der Waals surface area (Å²) in [6.45, 7) is 8.17. The molecule has 0 fully saturated rings. The molecule has 0 amide bonds. The van der Waals surface area contributed by atoms with Crippen LogP contribution in [0, 0.1) is 0 Å². The Hall–Kier alpha value is -3.86. The molecule has 382 valence electrons. The van der Waals surface area contributed by atoms with Gasteiger partial charge in [0.05, 0.1) is 24.9 Å². The van der Waals surface area contributed by atoms with Crippen molar-refractivity contribution in [2.75, 3.05) is 26.2 Å². The van der Waals surface area contributed by atoms with Gasteiger partial charge in [-0.3, -0.25) is 27.9 Å². The molecule has 0 radical (unpaired) electrons. The molecule has 2 unspecified atom stereocenters. The molecule has 0 aliphatic heterocycles. The van der Waals surface area contributed by atoms with Crippen molar-refractivity contribution in [3.05, 3.63) is 54.3 Å². The van der Waals surface area contributed by atoms with Crippen LogP contribution in [0.1, 0.15) is 187 Å². The lowest BCUT2D eigenvalue weighted by Crippen LogP contribution is -2.40. The summed E-state index contributed by atoms with van der Waals surface area (Å²) < 4.78 is 8.68. The molecule has 0 aliphatic carbocycles. The molecule has 4 aromatic heterocycles. The number of aliphatic hydroxyl groups excluding tert-OH is 2. The molecule has 0 spiro atoms. The van der Waals surface area contributed by atoms with Gasteiger partial charge in [0.2, 0.25) is 0 Å². The van der Waals surface area contributed by atoms with Gasteiger partial charge in [0.25, 0.3) is 11.1 Å². The Kier molecular flexibility index (Phi) is 28.8. The van der Waals surface area contributed by atoms with Crippen LogP contribution in [0.2, 0.25) is 0 Å². The second-order valence-corrected chi connectivity index (χ2v) is 19.1. The van der Waals surface area contributed by atoms with E-state index in [1.54, 1.807) is 43.7 Å². The zero-order valence-electron chi connectivity index (χ0n) is 42.7. The standard InChI is InChI=1S/C26H47N5O3.C25H45N5O3/c1-4-5-6-7-11-14-17-22(32)20-27-18-15-12-9-8-10-13-16-19-31-25(33)23-24(28-21-29(23)2)30(3)26(31)34;1-4-5-6-7-8-9-10-11-12-13-14-15-17-26-19-21(31)16-18-30-24(32)22-23(27-20-28(22)2)29(3)25(30)33/h21-22,27,32H,4-20H2,1-3H3;20-21,26,31H,4-19H2,1-3H3. The highest BCUT2D eigenvalue weighted by Crippen LogP contribution is 2.13. The van der Waals surface area contributed by atoms with E-state index in [0.29, 0.717) is 48.4 Å². The number of hydrogen-bond acceptors (Lipinski definition) is 10. The highest BCUT2D eigenvalue weighted by molar-refractivity contribution is 5.70. The van der Waals surface area contributed by atoms with E-state index < -0.39 is 11.8 Å². The van der Waals surface area contributed by atoms with Gasteiger partial charge in [0, 0.05) is 54.4 Å². The lowest BCUT2D eigenvalue weighted by atomic mass is 10.1. The molecule has 4 aromatic rings. The monoisotopic (exact) mass is 941 g/mol. The summed E-state index contributed by atoms with van der Waals surface area (Å²) in [7, 11) is 6.79. The van der Waals surface area contributed by atoms with Gasteiger partial charge in [-0.15, -0.1) is 0 Å². The number of aliphatic hydroxyl groups is 2. The van der Waals surface area contributed by atoms with E-state index in [-0.39, 0.29) is 29.5 Å². The van der Waals surface area contributed by atoms with E-state index in [2.05, 4.69) is 34.4 Å². The van der Waals surface area contributed by atoms with Crippen LogP contribution in [-0.2, 0) is 41.3 Å². The van der Waals surface area contributed by atoms with Gasteiger partial charge in [-0.2, -0.15) is 0 Å². The van der Waals surface area contributed by atoms with E-state index in [1.165, 1.54) is 147 Å². The quantitative estimate of drug-likeness (QED) is 0.0333. The minimum absolute atomic E-state index is 0.189. The van der Waals surface area contributed by atoms with E-state index in [1.807, 2.05) is 0 Å². The van der Waals surface area contributed by atoms with E-state index in [0.717, 1.165) is 58.0 Å². The number of imidazole rings is 2. The third kappa shape index (κ3) is 20.3. The maximum absolute atomic E-state index is 12.7. The van der Waals surface area contributed by atoms with Crippen molar-refractivity contribution in [1.82, 2.24) is 48.0 Å². The van der Waals surface area contributed by atoms with E-state index in [9.17, 15) is 29.4 Å². The number of hydrogen-bond donors (Lipinski definition) is 4. The van der Waals surface area contributed by atoms with Crippen molar-refractivity contribution in [2.24, 2.45) is 28.2 Å². The summed E-state index contributed by atoms with van der Waals surface area (Å²) in [4.78, 5) is 58.7. The van der Waals surface area contributed by atoms with Crippen LogP contribution in [0.5, 0.6) is 0 Å². The molecule has 4 N–H and O–H groups in total.